The predicted molar refractivity (Wildman–Crippen MR) is 134 cm³/mol. The van der Waals surface area contributed by atoms with E-state index >= 15 is 8.78 Å². The molecule has 2 unspecified atom stereocenters. The molecule has 0 radical (unpaired) electrons. The molecule has 36 heavy (non-hydrogen) atoms. The van der Waals surface area contributed by atoms with E-state index in [1.807, 2.05) is 18.2 Å². The summed E-state index contributed by atoms with van der Waals surface area (Å²) in [5, 5.41) is 11.0. The van der Waals surface area contributed by atoms with Gasteiger partial charge in [0.1, 0.15) is 24.1 Å². The zero-order chi connectivity index (χ0) is 25.1. The molecule has 0 aliphatic carbocycles. The highest BCUT2D eigenvalue weighted by atomic mass is 32.2. The Balaban J connectivity index is 1.29. The molecule has 5 rings (SSSR count). The minimum absolute atomic E-state index is 0.0231. The Morgan fingerprint density at radius 1 is 1.06 bits per heavy atom. The Kier molecular flexibility index (Phi) is 7.12. The molecule has 8 heteroatoms. The van der Waals surface area contributed by atoms with Crippen molar-refractivity contribution >= 4 is 10.9 Å². The number of thiol groups is 1. The number of hydrogen-bond donors (Lipinski definition) is 1. The quantitative estimate of drug-likeness (QED) is 0.360. The van der Waals surface area contributed by atoms with E-state index in [2.05, 4.69) is 10.4 Å². The summed E-state index contributed by atoms with van der Waals surface area (Å²) >= 11 is 0. The van der Waals surface area contributed by atoms with Crippen LogP contribution in [0.2, 0.25) is 0 Å². The first-order valence-electron chi connectivity index (χ1n) is 11.5. The van der Waals surface area contributed by atoms with Crippen molar-refractivity contribution in [3.8, 4) is 23.2 Å². The molecule has 0 saturated carbocycles. The summed E-state index contributed by atoms with van der Waals surface area (Å²) in [4.78, 5) is 5.39. The zero-order valence-corrected chi connectivity index (χ0v) is 20.2. The molecule has 2 aliphatic heterocycles. The molecular formula is C28H23F3N2O2S. The van der Waals surface area contributed by atoms with Gasteiger partial charge in [0.15, 0.2) is 0 Å². The van der Waals surface area contributed by atoms with Crippen LogP contribution in [-0.2, 0) is 17.8 Å². The van der Waals surface area contributed by atoms with Crippen molar-refractivity contribution in [1.29, 1.82) is 5.26 Å². The number of rotatable bonds is 8. The molecule has 1 fully saturated rings. The molecule has 2 aromatic carbocycles. The van der Waals surface area contributed by atoms with Gasteiger partial charge in [0.2, 0.25) is 5.88 Å². The van der Waals surface area contributed by atoms with Crippen molar-refractivity contribution in [2.24, 2.45) is 0 Å². The Bertz CT molecular complexity index is 1400. The number of hydrogen-bond acceptors (Lipinski definition) is 4. The molecule has 0 spiro atoms. The van der Waals surface area contributed by atoms with Crippen LogP contribution in [0.1, 0.15) is 23.1 Å². The molecule has 4 nitrogen and oxygen atoms in total. The van der Waals surface area contributed by atoms with Gasteiger partial charge in [0.25, 0.3) is 0 Å². The van der Waals surface area contributed by atoms with Crippen molar-refractivity contribution in [3.05, 3.63) is 105 Å². The minimum Gasteiger partial charge on any atom is -0.473 e. The number of pyridine rings is 1. The average Bonchev–Trinajstić information content (AvgIpc) is 3.29. The highest BCUT2D eigenvalue weighted by Crippen LogP contribution is 2.45. The smallest absolute Gasteiger partial charge is 0.214 e. The van der Waals surface area contributed by atoms with Crippen LogP contribution in [0.3, 0.4) is 0 Å². The number of aromatic nitrogens is 1. The summed E-state index contributed by atoms with van der Waals surface area (Å²) in [6.07, 6.45) is 5.65. The van der Waals surface area contributed by atoms with Gasteiger partial charge >= 0.3 is 0 Å². The van der Waals surface area contributed by atoms with Gasteiger partial charge in [-0.1, -0.05) is 24.3 Å². The summed E-state index contributed by atoms with van der Waals surface area (Å²) < 4.78 is 55.4. The third-order valence-electron chi connectivity index (χ3n) is 6.18. The normalized spacial score (nSPS) is 19.4. The SMILES string of the molecule is N#Cc1ccc(COc2cccc(-c3cc(F)c(CC4=CC=C[SH]4CC4CCO4)cc3F)n2)c(F)c1. The highest BCUT2D eigenvalue weighted by Gasteiger charge is 2.24. The van der Waals surface area contributed by atoms with Crippen LogP contribution in [0.15, 0.2) is 71.0 Å². The second-order valence-electron chi connectivity index (χ2n) is 8.60. The highest BCUT2D eigenvalue weighted by molar-refractivity contribution is 8.23. The molecule has 2 aliphatic rings. The fourth-order valence-electron chi connectivity index (χ4n) is 4.08. The fourth-order valence-corrected chi connectivity index (χ4v) is 6.30. The van der Waals surface area contributed by atoms with E-state index in [0.717, 1.165) is 35.8 Å². The molecule has 1 aromatic heterocycles. The first-order valence-corrected chi connectivity index (χ1v) is 13.1. The molecule has 0 amide bonds. The van der Waals surface area contributed by atoms with E-state index in [-0.39, 0.29) is 41.0 Å². The molecule has 0 N–H and O–H groups in total. The summed E-state index contributed by atoms with van der Waals surface area (Å²) in [5.41, 5.74) is 0.998. The number of benzene rings is 2. The fraction of sp³-hybridized carbons (Fsp3) is 0.214. The Morgan fingerprint density at radius 3 is 2.64 bits per heavy atom. The van der Waals surface area contributed by atoms with E-state index in [4.69, 9.17) is 14.7 Å². The number of nitriles is 1. The summed E-state index contributed by atoms with van der Waals surface area (Å²) in [6.45, 7) is 0.673. The maximum absolute atomic E-state index is 15.1. The molecule has 2 atom stereocenters. The first kappa shape index (κ1) is 24.2. The number of halogens is 3. The zero-order valence-electron chi connectivity index (χ0n) is 19.3. The van der Waals surface area contributed by atoms with Crippen molar-refractivity contribution in [3.63, 3.8) is 0 Å². The summed E-state index contributed by atoms with van der Waals surface area (Å²) in [7, 11) is -0.538. The van der Waals surface area contributed by atoms with Gasteiger partial charge in [-0.15, -0.1) is 0 Å². The maximum atomic E-state index is 15.1. The van der Waals surface area contributed by atoms with Crippen LogP contribution in [0.25, 0.3) is 11.3 Å². The number of nitrogens with zero attached hydrogens (tertiary/aromatic N) is 2. The molecule has 1 saturated heterocycles. The molecule has 3 heterocycles. The number of ether oxygens (including phenoxy) is 2. The van der Waals surface area contributed by atoms with Crippen molar-refractivity contribution in [2.45, 2.75) is 25.6 Å². The van der Waals surface area contributed by atoms with Crippen LogP contribution >= 0.6 is 10.9 Å². The van der Waals surface area contributed by atoms with Crippen LogP contribution in [0.4, 0.5) is 13.2 Å². The second-order valence-corrected chi connectivity index (χ2v) is 10.8. The van der Waals surface area contributed by atoms with E-state index in [9.17, 15) is 4.39 Å². The van der Waals surface area contributed by atoms with E-state index in [1.165, 1.54) is 18.2 Å². The first-order chi connectivity index (χ1) is 17.5. The third kappa shape index (κ3) is 5.32. The van der Waals surface area contributed by atoms with Gasteiger partial charge < -0.3 is 9.47 Å². The lowest BCUT2D eigenvalue weighted by atomic mass is 10.0. The van der Waals surface area contributed by atoms with Gasteiger partial charge in [-0.05, 0) is 52.6 Å². The Hall–Kier alpha value is -3.54. The predicted octanol–water partition coefficient (Wildman–Crippen LogP) is 6.36. The van der Waals surface area contributed by atoms with E-state index in [1.54, 1.807) is 18.2 Å². The molecule has 3 aromatic rings. The van der Waals surface area contributed by atoms with Crippen molar-refractivity contribution in [1.82, 2.24) is 4.98 Å². The lowest BCUT2D eigenvalue weighted by Gasteiger charge is -2.31. The average molecular weight is 509 g/mol. The third-order valence-corrected chi connectivity index (χ3v) is 8.56. The van der Waals surface area contributed by atoms with E-state index in [0.29, 0.717) is 12.0 Å². The van der Waals surface area contributed by atoms with Gasteiger partial charge in [-0.2, -0.15) is 5.26 Å². The minimum atomic E-state index is -0.576. The van der Waals surface area contributed by atoms with Crippen molar-refractivity contribution < 1.29 is 22.6 Å². The lowest BCUT2D eigenvalue weighted by molar-refractivity contribution is -0.0344. The number of allylic oxidation sites excluding steroid dienone is 3. The van der Waals surface area contributed by atoms with E-state index < -0.39 is 28.3 Å². The van der Waals surface area contributed by atoms with Gasteiger partial charge in [-0.25, -0.2) is 29.1 Å². The standard InChI is InChI=1S/C28H23F3N2O2S/c29-24-11-18(15-32)6-7-19(24)16-35-28-5-1-4-27(33-28)23-14-25(30)20(13-26(23)31)12-22-3-2-10-36(22)17-21-8-9-34-21/h1-7,10-11,13-14,21,36H,8-9,12,16-17H2. The van der Waals surface area contributed by atoms with Crippen LogP contribution in [-0.4, -0.2) is 23.4 Å². The second kappa shape index (κ2) is 10.6. The summed E-state index contributed by atoms with van der Waals surface area (Å²) in [5.74, 6) is -0.575. The van der Waals surface area contributed by atoms with Gasteiger partial charge in [-0.3, -0.25) is 0 Å². The Morgan fingerprint density at radius 2 is 1.89 bits per heavy atom. The Labute approximate surface area is 210 Å². The van der Waals surface area contributed by atoms with Crippen LogP contribution in [0.5, 0.6) is 5.88 Å². The van der Waals surface area contributed by atoms with Gasteiger partial charge in [0.05, 0.1) is 23.4 Å². The van der Waals surface area contributed by atoms with Gasteiger partial charge in [0, 0.05) is 36.0 Å². The van der Waals surface area contributed by atoms with Crippen LogP contribution in [0, 0.1) is 28.8 Å². The molecular weight excluding hydrogens is 485 g/mol. The topological polar surface area (TPSA) is 55.1 Å². The monoisotopic (exact) mass is 508 g/mol. The summed E-state index contributed by atoms with van der Waals surface area (Å²) in [6, 6.07) is 13.1. The lowest BCUT2D eigenvalue weighted by Crippen LogP contribution is -2.30. The molecule has 0 bridgehead atoms. The molecule has 184 valence electrons. The largest absolute Gasteiger partial charge is 0.473 e. The maximum Gasteiger partial charge on any atom is 0.214 e. The van der Waals surface area contributed by atoms with Crippen molar-refractivity contribution in [2.75, 3.05) is 12.4 Å². The van der Waals surface area contributed by atoms with Crippen LogP contribution < -0.4 is 4.74 Å².